The van der Waals surface area contributed by atoms with Crippen LogP contribution in [0.5, 0.6) is 5.75 Å². The number of urea groups is 1. The Hall–Kier alpha value is -2.84. The Labute approximate surface area is 138 Å². The van der Waals surface area contributed by atoms with Gasteiger partial charge in [0, 0.05) is 25.2 Å². The highest BCUT2D eigenvalue weighted by Crippen LogP contribution is 2.30. The molecule has 9 nitrogen and oxygen atoms in total. The summed E-state index contributed by atoms with van der Waals surface area (Å²) in [5.74, 6) is -1.22. The van der Waals surface area contributed by atoms with E-state index in [0.29, 0.717) is 13.0 Å². The lowest BCUT2D eigenvalue weighted by Crippen LogP contribution is -2.47. The van der Waals surface area contributed by atoms with Crippen LogP contribution in [0.3, 0.4) is 0 Å². The number of piperidine rings is 1. The SMILES string of the molecule is COc1ccc([N+](=O)[O-])cc1NC(=O)N1CC(C)CC(C(=O)O)C1. The summed E-state index contributed by atoms with van der Waals surface area (Å²) in [4.78, 5) is 35.3. The Kier molecular flexibility index (Phi) is 5.22. The van der Waals surface area contributed by atoms with Crippen molar-refractivity contribution in [3.8, 4) is 5.75 Å². The van der Waals surface area contributed by atoms with Gasteiger partial charge in [0.25, 0.3) is 5.69 Å². The van der Waals surface area contributed by atoms with E-state index in [0.717, 1.165) is 0 Å². The molecule has 1 fully saturated rings. The summed E-state index contributed by atoms with van der Waals surface area (Å²) >= 11 is 0. The first kappa shape index (κ1) is 17.5. The number of hydrogen-bond acceptors (Lipinski definition) is 5. The predicted octanol–water partition coefficient (Wildman–Crippen LogP) is 2.18. The first-order valence-electron chi connectivity index (χ1n) is 7.43. The molecule has 1 aromatic carbocycles. The number of nitro groups is 1. The molecular formula is C15H19N3O6. The van der Waals surface area contributed by atoms with E-state index in [9.17, 15) is 24.8 Å². The average molecular weight is 337 g/mol. The number of carbonyl (C=O) groups is 2. The number of benzene rings is 1. The average Bonchev–Trinajstić information content (AvgIpc) is 2.53. The van der Waals surface area contributed by atoms with Gasteiger partial charge in [0.1, 0.15) is 5.75 Å². The van der Waals surface area contributed by atoms with Crippen molar-refractivity contribution < 1.29 is 24.4 Å². The number of non-ortho nitro benzene ring substituents is 1. The van der Waals surface area contributed by atoms with E-state index in [4.69, 9.17) is 4.74 Å². The predicted molar refractivity (Wildman–Crippen MR) is 85.1 cm³/mol. The minimum Gasteiger partial charge on any atom is -0.495 e. The molecule has 1 aliphatic rings. The number of methoxy groups -OCH3 is 1. The molecule has 1 saturated heterocycles. The summed E-state index contributed by atoms with van der Waals surface area (Å²) < 4.78 is 5.10. The number of nitrogens with one attached hydrogen (secondary N) is 1. The number of nitro benzene ring substituents is 1. The summed E-state index contributed by atoms with van der Waals surface area (Å²) in [5, 5.41) is 22.6. The van der Waals surface area contributed by atoms with Gasteiger partial charge >= 0.3 is 12.0 Å². The third kappa shape index (κ3) is 3.92. The van der Waals surface area contributed by atoms with E-state index in [-0.39, 0.29) is 29.6 Å². The Balaban J connectivity index is 2.17. The van der Waals surface area contributed by atoms with E-state index in [1.807, 2.05) is 6.92 Å². The lowest BCUT2D eigenvalue weighted by atomic mass is 9.91. The van der Waals surface area contributed by atoms with Crippen LogP contribution in [-0.2, 0) is 4.79 Å². The number of carboxylic acid groups (broad SMARTS) is 1. The van der Waals surface area contributed by atoms with Gasteiger partial charge in [-0.2, -0.15) is 0 Å². The van der Waals surface area contributed by atoms with Gasteiger partial charge in [-0.3, -0.25) is 14.9 Å². The summed E-state index contributed by atoms with van der Waals surface area (Å²) in [6.45, 7) is 2.40. The van der Waals surface area contributed by atoms with Crippen molar-refractivity contribution in [2.24, 2.45) is 11.8 Å². The fourth-order valence-electron chi connectivity index (χ4n) is 2.80. The molecule has 24 heavy (non-hydrogen) atoms. The van der Waals surface area contributed by atoms with Crippen molar-refractivity contribution >= 4 is 23.4 Å². The number of anilines is 1. The smallest absolute Gasteiger partial charge is 0.321 e. The molecule has 1 aromatic rings. The van der Waals surface area contributed by atoms with Gasteiger partial charge < -0.3 is 20.1 Å². The number of ether oxygens (including phenoxy) is 1. The molecule has 0 aromatic heterocycles. The van der Waals surface area contributed by atoms with E-state index in [2.05, 4.69) is 5.32 Å². The first-order chi connectivity index (χ1) is 11.3. The van der Waals surface area contributed by atoms with Crippen LogP contribution in [0.4, 0.5) is 16.2 Å². The summed E-state index contributed by atoms with van der Waals surface area (Å²) in [6, 6.07) is 3.37. The molecule has 1 heterocycles. The van der Waals surface area contributed by atoms with Crippen LogP contribution in [0.15, 0.2) is 18.2 Å². The number of amides is 2. The zero-order chi connectivity index (χ0) is 17.9. The van der Waals surface area contributed by atoms with Crippen molar-refractivity contribution in [2.75, 3.05) is 25.5 Å². The van der Waals surface area contributed by atoms with Gasteiger partial charge in [0.2, 0.25) is 0 Å². The molecule has 2 N–H and O–H groups in total. The van der Waals surface area contributed by atoms with Crippen molar-refractivity contribution in [1.82, 2.24) is 4.90 Å². The highest BCUT2D eigenvalue weighted by Gasteiger charge is 2.32. The Morgan fingerprint density at radius 2 is 2.12 bits per heavy atom. The monoisotopic (exact) mass is 337 g/mol. The second-order valence-electron chi connectivity index (χ2n) is 5.85. The topological polar surface area (TPSA) is 122 Å². The van der Waals surface area contributed by atoms with Crippen LogP contribution >= 0.6 is 0 Å². The zero-order valence-corrected chi connectivity index (χ0v) is 13.4. The maximum Gasteiger partial charge on any atom is 0.321 e. The molecule has 130 valence electrons. The quantitative estimate of drug-likeness (QED) is 0.641. The van der Waals surface area contributed by atoms with E-state index in [1.54, 1.807) is 0 Å². The van der Waals surface area contributed by atoms with Crippen molar-refractivity contribution in [2.45, 2.75) is 13.3 Å². The number of carbonyl (C=O) groups excluding carboxylic acids is 1. The molecule has 1 aliphatic heterocycles. The fraction of sp³-hybridized carbons (Fsp3) is 0.467. The molecule has 0 bridgehead atoms. The molecule has 0 radical (unpaired) electrons. The van der Waals surface area contributed by atoms with Gasteiger partial charge in [0.15, 0.2) is 0 Å². The molecule has 2 unspecified atom stereocenters. The maximum atomic E-state index is 12.4. The minimum absolute atomic E-state index is 0.0533. The van der Waals surface area contributed by atoms with Gasteiger partial charge in [-0.15, -0.1) is 0 Å². The van der Waals surface area contributed by atoms with Crippen LogP contribution < -0.4 is 10.1 Å². The second kappa shape index (κ2) is 7.16. The van der Waals surface area contributed by atoms with Gasteiger partial charge in [-0.25, -0.2) is 4.79 Å². The standard InChI is InChI=1S/C15H19N3O6/c1-9-5-10(14(19)20)8-17(7-9)15(21)16-12-6-11(18(22)23)3-4-13(12)24-2/h3-4,6,9-10H,5,7-8H2,1-2H3,(H,16,21)(H,19,20). The third-order valence-corrected chi connectivity index (χ3v) is 3.93. The molecule has 9 heteroatoms. The minimum atomic E-state index is -0.938. The van der Waals surface area contributed by atoms with Crippen LogP contribution in [0.2, 0.25) is 0 Å². The summed E-state index contributed by atoms with van der Waals surface area (Å²) in [7, 11) is 1.39. The number of likely N-dealkylation sites (tertiary alicyclic amines) is 1. The lowest BCUT2D eigenvalue weighted by Gasteiger charge is -2.34. The van der Waals surface area contributed by atoms with E-state index >= 15 is 0 Å². The number of aliphatic carboxylic acids is 1. The summed E-state index contributed by atoms with van der Waals surface area (Å²) in [5.41, 5.74) is -0.0108. The van der Waals surface area contributed by atoms with Crippen LogP contribution in [-0.4, -0.2) is 47.1 Å². The van der Waals surface area contributed by atoms with Gasteiger partial charge in [-0.1, -0.05) is 6.92 Å². The van der Waals surface area contributed by atoms with Crippen molar-refractivity contribution in [3.05, 3.63) is 28.3 Å². The number of hydrogen-bond donors (Lipinski definition) is 2. The number of carboxylic acids is 1. The lowest BCUT2D eigenvalue weighted by molar-refractivity contribution is -0.384. The Bertz CT molecular complexity index is 663. The summed E-state index contributed by atoms with van der Waals surface area (Å²) in [6.07, 6.45) is 0.513. The highest BCUT2D eigenvalue weighted by atomic mass is 16.6. The van der Waals surface area contributed by atoms with E-state index in [1.165, 1.54) is 30.2 Å². The second-order valence-corrected chi connectivity index (χ2v) is 5.85. The van der Waals surface area contributed by atoms with Crippen molar-refractivity contribution in [3.63, 3.8) is 0 Å². The maximum absolute atomic E-state index is 12.4. The molecular weight excluding hydrogens is 318 g/mol. The van der Waals surface area contributed by atoms with Crippen LogP contribution in [0, 0.1) is 22.0 Å². The Morgan fingerprint density at radius 1 is 1.42 bits per heavy atom. The molecule has 2 amide bonds. The van der Waals surface area contributed by atoms with Crippen LogP contribution in [0.1, 0.15) is 13.3 Å². The molecule has 0 aliphatic carbocycles. The fourth-order valence-corrected chi connectivity index (χ4v) is 2.80. The first-order valence-corrected chi connectivity index (χ1v) is 7.43. The van der Waals surface area contributed by atoms with Crippen molar-refractivity contribution in [1.29, 1.82) is 0 Å². The molecule has 2 atom stereocenters. The van der Waals surface area contributed by atoms with E-state index < -0.39 is 22.8 Å². The van der Waals surface area contributed by atoms with Gasteiger partial charge in [-0.05, 0) is 18.4 Å². The Morgan fingerprint density at radius 3 is 2.71 bits per heavy atom. The van der Waals surface area contributed by atoms with Gasteiger partial charge in [0.05, 0.1) is 23.6 Å². The third-order valence-electron chi connectivity index (χ3n) is 3.93. The highest BCUT2D eigenvalue weighted by molar-refractivity contribution is 5.92. The number of rotatable bonds is 4. The van der Waals surface area contributed by atoms with Crippen LogP contribution in [0.25, 0.3) is 0 Å². The largest absolute Gasteiger partial charge is 0.495 e. The number of nitrogens with zero attached hydrogens (tertiary/aromatic N) is 2. The molecule has 2 rings (SSSR count). The zero-order valence-electron chi connectivity index (χ0n) is 13.4. The molecule has 0 spiro atoms. The normalized spacial score (nSPS) is 20.3. The molecule has 0 saturated carbocycles.